The standard InChI is InChI=1S/C24H23BN3O/c1-16-10-11-20-21-14-17(2)28(25(3)23(21)29-24(20)26-16)22-15-19(12-13-27(22)4)18-8-6-5-7-9-18/h5-15H,1-4H3/q+1. The Labute approximate surface area is 171 Å². The summed E-state index contributed by atoms with van der Waals surface area (Å²) >= 11 is 0. The molecule has 29 heavy (non-hydrogen) atoms. The predicted octanol–water partition coefficient (Wildman–Crippen LogP) is 4.34. The van der Waals surface area contributed by atoms with E-state index in [2.05, 4.69) is 89.9 Å². The third kappa shape index (κ3) is 2.85. The fourth-order valence-electron chi connectivity index (χ4n) is 4.25. The number of hydrogen-bond acceptors (Lipinski definition) is 3. The maximum Gasteiger partial charge on any atom is 0.447 e. The first-order valence-corrected chi connectivity index (χ1v) is 9.95. The number of rotatable bonds is 2. The molecule has 0 fully saturated rings. The summed E-state index contributed by atoms with van der Waals surface area (Å²) in [6, 6.07) is 19.1. The van der Waals surface area contributed by atoms with Crippen LogP contribution in [0.3, 0.4) is 0 Å². The van der Waals surface area contributed by atoms with Crippen LogP contribution in [0.1, 0.15) is 18.2 Å². The normalized spacial score (nSPS) is 13.6. The van der Waals surface area contributed by atoms with Crippen LogP contribution in [0.2, 0.25) is 6.82 Å². The lowest BCUT2D eigenvalue weighted by molar-refractivity contribution is -0.658. The number of pyridine rings is 2. The van der Waals surface area contributed by atoms with Gasteiger partial charge in [-0.25, -0.2) is 9.55 Å². The zero-order valence-electron chi connectivity index (χ0n) is 17.2. The van der Waals surface area contributed by atoms with Gasteiger partial charge < -0.3 is 4.42 Å². The smallest absolute Gasteiger partial charge is 0.447 e. The molecule has 142 valence electrons. The Morgan fingerprint density at radius 3 is 2.59 bits per heavy atom. The highest BCUT2D eigenvalue weighted by Gasteiger charge is 2.40. The number of anilines is 1. The van der Waals surface area contributed by atoms with Crippen LogP contribution in [0.25, 0.3) is 28.3 Å². The summed E-state index contributed by atoms with van der Waals surface area (Å²) in [6.07, 6.45) is 4.34. The van der Waals surface area contributed by atoms with Crippen molar-refractivity contribution in [2.24, 2.45) is 7.05 Å². The molecule has 1 aromatic carbocycles. The maximum atomic E-state index is 6.23. The molecule has 5 heteroatoms. The van der Waals surface area contributed by atoms with E-state index in [1.165, 1.54) is 16.8 Å². The van der Waals surface area contributed by atoms with E-state index in [1.54, 1.807) is 0 Å². The molecule has 0 amide bonds. The van der Waals surface area contributed by atoms with Gasteiger partial charge in [0.1, 0.15) is 5.66 Å². The molecule has 0 aliphatic carbocycles. The lowest BCUT2D eigenvalue weighted by Crippen LogP contribution is -2.52. The van der Waals surface area contributed by atoms with Crippen molar-refractivity contribution in [3.05, 3.63) is 77.7 Å². The molecule has 0 unspecified atom stereocenters. The minimum atomic E-state index is 0.0710. The van der Waals surface area contributed by atoms with Crippen LogP contribution in [0.15, 0.2) is 70.9 Å². The van der Waals surface area contributed by atoms with Crippen molar-refractivity contribution in [3.8, 4) is 11.1 Å². The largest absolute Gasteiger partial charge is 0.447 e. The summed E-state index contributed by atoms with van der Waals surface area (Å²) in [5.41, 5.74) is 7.40. The van der Waals surface area contributed by atoms with E-state index < -0.39 is 0 Å². The third-order valence-corrected chi connectivity index (χ3v) is 5.74. The average Bonchev–Trinajstić information content (AvgIpc) is 3.07. The summed E-state index contributed by atoms with van der Waals surface area (Å²) in [4.78, 5) is 6.93. The van der Waals surface area contributed by atoms with Crippen molar-refractivity contribution in [3.63, 3.8) is 0 Å². The highest BCUT2D eigenvalue weighted by Crippen LogP contribution is 2.31. The van der Waals surface area contributed by atoms with Crippen molar-refractivity contribution in [2.45, 2.75) is 20.7 Å². The zero-order chi connectivity index (χ0) is 20.1. The minimum absolute atomic E-state index is 0.0710. The summed E-state index contributed by atoms with van der Waals surface area (Å²) in [7, 11) is 2.09. The Bertz CT molecular complexity index is 1260. The average molecular weight is 380 g/mol. The Kier molecular flexibility index (Phi) is 4.05. The van der Waals surface area contributed by atoms with E-state index in [9.17, 15) is 0 Å². The lowest BCUT2D eigenvalue weighted by atomic mass is 9.57. The van der Waals surface area contributed by atoms with Crippen LogP contribution in [0.5, 0.6) is 0 Å². The molecule has 0 saturated carbocycles. The highest BCUT2D eigenvalue weighted by atomic mass is 16.3. The molecule has 5 rings (SSSR count). The number of aryl methyl sites for hydroxylation is 2. The van der Waals surface area contributed by atoms with Crippen LogP contribution < -0.4 is 15.0 Å². The van der Waals surface area contributed by atoms with Gasteiger partial charge in [0.05, 0.1) is 18.9 Å². The van der Waals surface area contributed by atoms with E-state index in [0.29, 0.717) is 0 Å². The van der Waals surface area contributed by atoms with E-state index in [1.807, 2.05) is 19.1 Å². The quantitative estimate of drug-likeness (QED) is 0.383. The second kappa shape index (κ2) is 6.62. The zero-order valence-corrected chi connectivity index (χ0v) is 17.2. The summed E-state index contributed by atoms with van der Waals surface area (Å²) in [6.45, 7) is 6.42. The fourth-order valence-corrected chi connectivity index (χ4v) is 4.25. The molecule has 4 aromatic rings. The van der Waals surface area contributed by atoms with Gasteiger partial charge in [-0.1, -0.05) is 30.3 Å². The lowest BCUT2D eigenvalue weighted by Gasteiger charge is -2.26. The number of furan rings is 1. The van der Waals surface area contributed by atoms with Gasteiger partial charge in [-0.15, -0.1) is 0 Å². The van der Waals surface area contributed by atoms with Crippen LogP contribution in [-0.2, 0) is 7.05 Å². The number of aromatic nitrogens is 2. The highest BCUT2D eigenvalue weighted by molar-refractivity contribution is 6.76. The van der Waals surface area contributed by atoms with Crippen molar-refractivity contribution < 1.29 is 8.98 Å². The topological polar surface area (TPSA) is 33.2 Å². The summed E-state index contributed by atoms with van der Waals surface area (Å²) in [5, 5.41) is 1.08. The predicted molar refractivity (Wildman–Crippen MR) is 119 cm³/mol. The Morgan fingerprint density at radius 2 is 1.79 bits per heavy atom. The number of allylic oxidation sites excluding steroid dienone is 1. The number of hydrogen-bond donors (Lipinski definition) is 0. The molecule has 3 aromatic heterocycles. The fraction of sp³-hybridized carbons (Fsp3) is 0.167. The van der Waals surface area contributed by atoms with Crippen LogP contribution >= 0.6 is 0 Å². The molecular formula is C24H23BN3O+. The molecule has 0 saturated heterocycles. The van der Waals surface area contributed by atoms with Crippen molar-refractivity contribution >= 4 is 35.5 Å². The maximum absolute atomic E-state index is 6.23. The second-order valence-corrected chi connectivity index (χ2v) is 7.77. The molecule has 4 heterocycles. The minimum Gasteiger partial charge on any atom is -0.447 e. The first kappa shape index (κ1) is 17.7. The molecule has 0 bridgehead atoms. The van der Waals surface area contributed by atoms with Gasteiger partial charge in [0.15, 0.2) is 0 Å². The monoisotopic (exact) mass is 380 g/mol. The summed E-state index contributed by atoms with van der Waals surface area (Å²) in [5.74, 6) is 1.13. The van der Waals surface area contributed by atoms with Crippen LogP contribution in [0, 0.1) is 6.92 Å². The van der Waals surface area contributed by atoms with E-state index in [4.69, 9.17) is 4.42 Å². The van der Waals surface area contributed by atoms with E-state index in [0.717, 1.165) is 33.8 Å². The molecular weight excluding hydrogens is 357 g/mol. The molecule has 4 nitrogen and oxygen atoms in total. The van der Waals surface area contributed by atoms with Crippen molar-refractivity contribution in [1.82, 2.24) is 4.98 Å². The molecule has 0 atom stereocenters. The van der Waals surface area contributed by atoms with Crippen LogP contribution in [-0.4, -0.2) is 11.8 Å². The van der Waals surface area contributed by atoms with Gasteiger partial charge in [0.25, 0.3) is 5.82 Å². The molecule has 0 spiro atoms. The Balaban J connectivity index is 1.64. The van der Waals surface area contributed by atoms with Gasteiger partial charge in [-0.2, -0.15) is 0 Å². The van der Waals surface area contributed by atoms with Crippen molar-refractivity contribution in [2.75, 3.05) is 4.81 Å². The second-order valence-electron chi connectivity index (χ2n) is 7.77. The number of nitrogens with zero attached hydrogens (tertiary/aromatic N) is 3. The third-order valence-electron chi connectivity index (χ3n) is 5.74. The van der Waals surface area contributed by atoms with Crippen molar-refractivity contribution in [1.29, 1.82) is 0 Å². The molecule has 1 aliphatic heterocycles. The molecule has 0 N–H and O–H groups in total. The van der Waals surface area contributed by atoms with Gasteiger partial charge in [0, 0.05) is 22.7 Å². The van der Waals surface area contributed by atoms with Crippen LogP contribution in [0.4, 0.5) is 5.82 Å². The molecule has 1 aliphatic rings. The van der Waals surface area contributed by atoms with Gasteiger partial charge in [-0.05, 0) is 56.1 Å². The first-order valence-electron chi connectivity index (χ1n) is 9.95. The van der Waals surface area contributed by atoms with Gasteiger partial charge in [-0.3, -0.25) is 4.81 Å². The SMILES string of the molecule is CB1c2oc3nc(C)ccc3c2C=C(C)N1c1cc(-c2ccccc2)cc[n+]1C. The number of fused-ring (bicyclic) bond motifs is 3. The van der Waals surface area contributed by atoms with Gasteiger partial charge in [0.2, 0.25) is 5.71 Å². The number of benzene rings is 1. The first-order chi connectivity index (χ1) is 14.0. The Hall–Kier alpha value is -3.34. The molecule has 0 radical (unpaired) electrons. The summed E-state index contributed by atoms with van der Waals surface area (Å²) < 4.78 is 8.39. The van der Waals surface area contributed by atoms with E-state index in [-0.39, 0.29) is 6.85 Å². The van der Waals surface area contributed by atoms with Gasteiger partial charge >= 0.3 is 6.85 Å². The Morgan fingerprint density at radius 1 is 1.00 bits per heavy atom. The van der Waals surface area contributed by atoms with E-state index >= 15 is 0 Å².